The molecule has 0 fully saturated rings. The summed E-state index contributed by atoms with van der Waals surface area (Å²) >= 11 is 0. The zero-order valence-electron chi connectivity index (χ0n) is 12.1. The first-order chi connectivity index (χ1) is 9.13. The van der Waals surface area contributed by atoms with Crippen molar-refractivity contribution in [2.24, 2.45) is 0 Å². The van der Waals surface area contributed by atoms with Crippen molar-refractivity contribution < 1.29 is 4.79 Å². The van der Waals surface area contributed by atoms with Crippen molar-refractivity contribution in [3.05, 3.63) is 24.0 Å². The number of nitrogens with one attached hydrogen (secondary N) is 2. The summed E-state index contributed by atoms with van der Waals surface area (Å²) in [5.41, 5.74) is 1.48. The Bertz CT molecular complexity index is 393. The van der Waals surface area contributed by atoms with Crippen LogP contribution in [0.15, 0.2) is 18.5 Å². The van der Waals surface area contributed by atoms with Gasteiger partial charge in [-0.05, 0) is 26.6 Å². The summed E-state index contributed by atoms with van der Waals surface area (Å²) in [6.45, 7) is 4.58. The first kappa shape index (κ1) is 15.4. The molecule has 2 N–H and O–H groups in total. The molecule has 0 unspecified atom stereocenters. The van der Waals surface area contributed by atoms with Crippen molar-refractivity contribution in [1.82, 2.24) is 15.2 Å². The number of anilines is 1. The van der Waals surface area contributed by atoms with Crippen LogP contribution in [0.2, 0.25) is 0 Å². The number of hydrogen-bond donors (Lipinski definition) is 2. The highest BCUT2D eigenvalue weighted by Crippen LogP contribution is 2.08. The summed E-state index contributed by atoms with van der Waals surface area (Å²) in [5, 5.41) is 6.14. The molecule has 1 aromatic heterocycles. The zero-order valence-corrected chi connectivity index (χ0v) is 12.1. The predicted octanol–water partition coefficient (Wildman–Crippen LogP) is 1.58. The number of carbonyl (C=O) groups excluding carboxylic acids is 1. The van der Waals surface area contributed by atoms with E-state index < -0.39 is 0 Å². The van der Waals surface area contributed by atoms with Crippen LogP contribution in [0, 0.1) is 0 Å². The normalized spacial score (nSPS) is 10.5. The lowest BCUT2D eigenvalue weighted by atomic mass is 10.2. The van der Waals surface area contributed by atoms with Crippen LogP contribution >= 0.6 is 0 Å². The van der Waals surface area contributed by atoms with Gasteiger partial charge in [0.15, 0.2) is 0 Å². The van der Waals surface area contributed by atoms with E-state index in [0.29, 0.717) is 12.1 Å². The molecule has 1 amide bonds. The monoisotopic (exact) mass is 264 g/mol. The molecule has 1 rings (SSSR count). The molecule has 0 saturated carbocycles. The van der Waals surface area contributed by atoms with Crippen LogP contribution < -0.4 is 10.6 Å². The first-order valence-electron chi connectivity index (χ1n) is 6.75. The number of unbranched alkanes of at least 4 members (excludes halogenated alkanes) is 1. The molecule has 0 bridgehead atoms. The van der Waals surface area contributed by atoms with E-state index in [4.69, 9.17) is 0 Å². The molecule has 0 atom stereocenters. The second-order valence-electron chi connectivity index (χ2n) is 4.80. The van der Waals surface area contributed by atoms with Gasteiger partial charge in [0.05, 0.1) is 11.3 Å². The third-order valence-electron chi connectivity index (χ3n) is 2.70. The van der Waals surface area contributed by atoms with E-state index in [2.05, 4.69) is 27.4 Å². The lowest BCUT2D eigenvalue weighted by molar-refractivity contribution is 0.0953. The molecule has 1 aromatic rings. The Morgan fingerprint density at radius 2 is 2.11 bits per heavy atom. The van der Waals surface area contributed by atoms with Crippen LogP contribution in [-0.2, 0) is 0 Å². The Morgan fingerprint density at radius 3 is 2.79 bits per heavy atom. The van der Waals surface area contributed by atoms with Gasteiger partial charge in [0.2, 0.25) is 0 Å². The van der Waals surface area contributed by atoms with Gasteiger partial charge in [-0.15, -0.1) is 0 Å². The number of nitrogens with zero attached hydrogens (tertiary/aromatic N) is 2. The van der Waals surface area contributed by atoms with Gasteiger partial charge in [-0.25, -0.2) is 0 Å². The maximum atomic E-state index is 11.9. The molecule has 19 heavy (non-hydrogen) atoms. The molecule has 0 spiro atoms. The minimum absolute atomic E-state index is 0.0581. The summed E-state index contributed by atoms with van der Waals surface area (Å²) < 4.78 is 0. The summed E-state index contributed by atoms with van der Waals surface area (Å²) in [7, 11) is 4.05. The van der Waals surface area contributed by atoms with Gasteiger partial charge in [-0.1, -0.05) is 13.3 Å². The fraction of sp³-hybridized carbons (Fsp3) is 0.571. The lowest BCUT2D eigenvalue weighted by Gasteiger charge is -2.11. The fourth-order valence-electron chi connectivity index (χ4n) is 1.57. The van der Waals surface area contributed by atoms with Crippen molar-refractivity contribution in [3.63, 3.8) is 0 Å². The van der Waals surface area contributed by atoms with Gasteiger partial charge in [0.1, 0.15) is 0 Å². The minimum atomic E-state index is -0.0581. The number of hydrogen-bond acceptors (Lipinski definition) is 4. The molecule has 1 heterocycles. The largest absolute Gasteiger partial charge is 0.382 e. The van der Waals surface area contributed by atoms with E-state index in [1.807, 2.05) is 20.2 Å². The molecule has 0 aliphatic carbocycles. The van der Waals surface area contributed by atoms with Crippen LogP contribution in [0.3, 0.4) is 0 Å². The molecule has 0 aliphatic rings. The Kier molecular flexibility index (Phi) is 6.89. The second-order valence-corrected chi connectivity index (χ2v) is 4.80. The number of pyridine rings is 1. The zero-order chi connectivity index (χ0) is 14.1. The topological polar surface area (TPSA) is 57.3 Å². The summed E-state index contributed by atoms with van der Waals surface area (Å²) in [5.74, 6) is -0.0581. The molecular weight excluding hydrogens is 240 g/mol. The molecule has 0 saturated heterocycles. The molecule has 106 valence electrons. The van der Waals surface area contributed by atoms with Crippen molar-refractivity contribution >= 4 is 11.6 Å². The van der Waals surface area contributed by atoms with Crippen molar-refractivity contribution in [2.75, 3.05) is 39.0 Å². The fourth-order valence-corrected chi connectivity index (χ4v) is 1.57. The van der Waals surface area contributed by atoms with Gasteiger partial charge in [0.25, 0.3) is 5.91 Å². The maximum absolute atomic E-state index is 11.9. The van der Waals surface area contributed by atoms with Crippen molar-refractivity contribution in [2.45, 2.75) is 19.8 Å². The molecule has 5 nitrogen and oxygen atoms in total. The number of carbonyl (C=O) groups is 1. The second kappa shape index (κ2) is 8.48. The Morgan fingerprint density at radius 1 is 1.32 bits per heavy atom. The van der Waals surface area contributed by atoms with E-state index in [9.17, 15) is 4.79 Å². The Balaban J connectivity index is 2.48. The summed E-state index contributed by atoms with van der Waals surface area (Å²) in [6, 6.07) is 1.84. The van der Waals surface area contributed by atoms with Crippen LogP contribution in [0.1, 0.15) is 30.1 Å². The first-order valence-corrected chi connectivity index (χ1v) is 6.75. The Labute approximate surface area is 115 Å². The van der Waals surface area contributed by atoms with E-state index >= 15 is 0 Å². The highest BCUT2D eigenvalue weighted by atomic mass is 16.1. The molecular formula is C14H24N4O. The van der Waals surface area contributed by atoms with Crippen LogP contribution in [0.25, 0.3) is 0 Å². The summed E-state index contributed by atoms with van der Waals surface area (Å²) in [6.07, 6.45) is 5.40. The van der Waals surface area contributed by atoms with Crippen LogP contribution in [0.4, 0.5) is 5.69 Å². The molecule has 0 aliphatic heterocycles. The highest BCUT2D eigenvalue weighted by molar-refractivity contribution is 5.94. The van der Waals surface area contributed by atoms with E-state index in [0.717, 1.165) is 31.6 Å². The van der Waals surface area contributed by atoms with Gasteiger partial charge in [-0.3, -0.25) is 9.78 Å². The van der Waals surface area contributed by atoms with E-state index in [-0.39, 0.29) is 5.91 Å². The number of likely N-dealkylation sites (N-methyl/N-ethyl adjacent to an activating group) is 1. The van der Waals surface area contributed by atoms with E-state index in [1.165, 1.54) is 0 Å². The predicted molar refractivity (Wildman–Crippen MR) is 78.5 cm³/mol. The van der Waals surface area contributed by atoms with Gasteiger partial charge >= 0.3 is 0 Å². The number of aromatic nitrogens is 1. The summed E-state index contributed by atoms with van der Waals surface area (Å²) in [4.78, 5) is 18.1. The quantitative estimate of drug-likeness (QED) is 0.700. The Hall–Kier alpha value is -1.62. The average Bonchev–Trinajstić information content (AvgIpc) is 2.39. The SMILES string of the molecule is CCCCNC(=O)c1cncc(NCCN(C)C)c1. The lowest BCUT2D eigenvalue weighted by Crippen LogP contribution is -2.25. The smallest absolute Gasteiger partial charge is 0.252 e. The number of amides is 1. The van der Waals surface area contributed by atoms with Gasteiger partial charge in [-0.2, -0.15) is 0 Å². The third kappa shape index (κ3) is 6.20. The van der Waals surface area contributed by atoms with Crippen molar-refractivity contribution in [3.8, 4) is 0 Å². The number of rotatable bonds is 8. The standard InChI is InChI=1S/C14H24N4O/c1-4-5-6-17-14(19)12-9-13(11-15-10-12)16-7-8-18(2)3/h9-11,16H,4-8H2,1-3H3,(H,17,19). The van der Waals surface area contributed by atoms with Crippen LogP contribution in [-0.4, -0.2) is 49.5 Å². The van der Waals surface area contributed by atoms with E-state index in [1.54, 1.807) is 12.4 Å². The third-order valence-corrected chi connectivity index (χ3v) is 2.70. The van der Waals surface area contributed by atoms with Gasteiger partial charge in [0, 0.05) is 32.0 Å². The molecule has 5 heteroatoms. The molecule has 0 aromatic carbocycles. The minimum Gasteiger partial charge on any atom is -0.382 e. The molecule has 0 radical (unpaired) electrons. The van der Waals surface area contributed by atoms with Crippen LogP contribution in [0.5, 0.6) is 0 Å². The maximum Gasteiger partial charge on any atom is 0.252 e. The van der Waals surface area contributed by atoms with Crippen molar-refractivity contribution in [1.29, 1.82) is 0 Å². The average molecular weight is 264 g/mol. The van der Waals surface area contributed by atoms with Gasteiger partial charge < -0.3 is 15.5 Å². The highest BCUT2D eigenvalue weighted by Gasteiger charge is 2.05.